The van der Waals surface area contributed by atoms with Gasteiger partial charge in [-0.15, -0.1) is 0 Å². The first kappa shape index (κ1) is 22.9. The average molecular weight is 477 g/mol. The van der Waals surface area contributed by atoms with Crippen LogP contribution in [0, 0.1) is 24.7 Å². The Morgan fingerprint density at radius 3 is 2.44 bits per heavy atom. The van der Waals surface area contributed by atoms with Gasteiger partial charge in [0.05, 0.1) is 30.4 Å². The van der Waals surface area contributed by atoms with Gasteiger partial charge in [0.1, 0.15) is 0 Å². The van der Waals surface area contributed by atoms with Crippen molar-refractivity contribution in [3.8, 4) is 28.3 Å². The Balaban J connectivity index is 1.34. The number of carbonyl (C=O) groups excluding carboxylic acids is 1. The Labute approximate surface area is 205 Å². The minimum atomic E-state index is -0.0365. The van der Waals surface area contributed by atoms with E-state index in [4.69, 9.17) is 26.1 Å². The third kappa shape index (κ3) is 4.19. The van der Waals surface area contributed by atoms with Crippen LogP contribution in [-0.4, -0.2) is 42.7 Å². The van der Waals surface area contributed by atoms with Crippen LogP contribution in [0.1, 0.15) is 18.1 Å². The van der Waals surface area contributed by atoms with Gasteiger partial charge in [0, 0.05) is 36.3 Å². The molecule has 5 nitrogen and oxygen atoms in total. The molecule has 1 saturated heterocycles. The molecule has 0 N–H and O–H groups in total. The Bertz CT molecular complexity index is 1220. The number of hydrogen-bond donors (Lipinski definition) is 0. The smallest absolute Gasteiger partial charge is 0.309 e. The molecule has 176 valence electrons. The van der Waals surface area contributed by atoms with Crippen LogP contribution >= 0.6 is 11.6 Å². The first-order chi connectivity index (χ1) is 16.5. The van der Waals surface area contributed by atoms with Crippen molar-refractivity contribution in [2.75, 3.05) is 26.8 Å². The standard InChI is InChI=1S/C28H29ClN2O3/c1-4-34-28(32)25-22-15-31(16-23(22)25)14-18-12-13-24(30-27(18)33-3)21-11-7-10-20(26(21)29)19-9-6-5-8-17(19)2/h5-13,22-23,25H,4,14-16H2,1-3H3. The van der Waals surface area contributed by atoms with Crippen molar-refractivity contribution in [3.05, 3.63) is 70.7 Å². The molecule has 2 aromatic carbocycles. The van der Waals surface area contributed by atoms with Gasteiger partial charge in [0.25, 0.3) is 0 Å². The zero-order valence-corrected chi connectivity index (χ0v) is 20.5. The number of aromatic nitrogens is 1. The molecule has 0 bridgehead atoms. The number of ether oxygens (including phenoxy) is 2. The predicted molar refractivity (Wildman–Crippen MR) is 134 cm³/mol. The largest absolute Gasteiger partial charge is 0.481 e. The lowest BCUT2D eigenvalue weighted by Crippen LogP contribution is -2.26. The Morgan fingerprint density at radius 1 is 1.03 bits per heavy atom. The number of piperidine rings is 1. The van der Waals surface area contributed by atoms with Crippen molar-refractivity contribution in [1.82, 2.24) is 9.88 Å². The lowest BCUT2D eigenvalue weighted by Gasteiger charge is -2.20. The van der Waals surface area contributed by atoms with Crippen molar-refractivity contribution < 1.29 is 14.3 Å². The van der Waals surface area contributed by atoms with Crippen LogP contribution in [0.5, 0.6) is 5.88 Å². The van der Waals surface area contributed by atoms with Crippen molar-refractivity contribution in [2.24, 2.45) is 17.8 Å². The molecule has 6 heteroatoms. The lowest BCUT2D eigenvalue weighted by atomic mass is 9.97. The zero-order valence-electron chi connectivity index (χ0n) is 19.8. The molecule has 5 rings (SSSR count). The van der Waals surface area contributed by atoms with Crippen molar-refractivity contribution >= 4 is 17.6 Å². The van der Waals surface area contributed by atoms with Crippen LogP contribution in [0.4, 0.5) is 0 Å². The van der Waals surface area contributed by atoms with Crippen molar-refractivity contribution in [1.29, 1.82) is 0 Å². The number of carbonyl (C=O) groups is 1. The molecule has 1 aliphatic heterocycles. The number of rotatable bonds is 7. The molecule has 2 fully saturated rings. The van der Waals surface area contributed by atoms with Gasteiger partial charge in [0.2, 0.25) is 5.88 Å². The van der Waals surface area contributed by atoms with E-state index >= 15 is 0 Å². The molecule has 0 radical (unpaired) electrons. The normalized spacial score (nSPS) is 21.2. The van der Waals surface area contributed by atoms with Gasteiger partial charge in [-0.3, -0.25) is 9.69 Å². The van der Waals surface area contributed by atoms with Crippen LogP contribution in [0.3, 0.4) is 0 Å². The second-order valence-electron chi connectivity index (χ2n) is 9.15. The van der Waals surface area contributed by atoms with E-state index in [0.717, 1.165) is 47.6 Å². The minimum Gasteiger partial charge on any atom is -0.481 e. The van der Waals surface area contributed by atoms with Crippen molar-refractivity contribution in [2.45, 2.75) is 20.4 Å². The Kier molecular flexibility index (Phi) is 6.32. The highest BCUT2D eigenvalue weighted by atomic mass is 35.5. The summed E-state index contributed by atoms with van der Waals surface area (Å²) in [5.41, 5.74) is 5.99. The summed E-state index contributed by atoms with van der Waals surface area (Å²) in [4.78, 5) is 19.2. The number of benzene rings is 2. The molecule has 0 spiro atoms. The Hall–Kier alpha value is -2.89. The maximum Gasteiger partial charge on any atom is 0.309 e. The first-order valence-electron chi connectivity index (χ1n) is 11.8. The monoisotopic (exact) mass is 476 g/mol. The SMILES string of the molecule is CCOC(=O)C1C2CN(Cc3ccc(-c4cccc(-c5ccccc5C)c4Cl)nc3OC)CC21. The van der Waals surface area contributed by atoms with Gasteiger partial charge in [-0.25, -0.2) is 4.98 Å². The topological polar surface area (TPSA) is 51.7 Å². The molecule has 1 saturated carbocycles. The van der Waals surface area contributed by atoms with Gasteiger partial charge < -0.3 is 9.47 Å². The number of aryl methyl sites for hydroxylation is 1. The summed E-state index contributed by atoms with van der Waals surface area (Å²) in [5, 5.41) is 0.684. The summed E-state index contributed by atoms with van der Waals surface area (Å²) >= 11 is 6.88. The fourth-order valence-corrected chi connectivity index (χ4v) is 5.63. The third-order valence-corrected chi connectivity index (χ3v) is 7.47. The molecule has 1 aliphatic carbocycles. The van der Waals surface area contributed by atoms with Crippen LogP contribution in [0.2, 0.25) is 5.02 Å². The Morgan fingerprint density at radius 2 is 1.74 bits per heavy atom. The second-order valence-corrected chi connectivity index (χ2v) is 9.52. The quantitative estimate of drug-likeness (QED) is 0.414. The molecular weight excluding hydrogens is 448 g/mol. The summed E-state index contributed by atoms with van der Waals surface area (Å²) in [6.07, 6.45) is 0. The van der Waals surface area contributed by atoms with Crippen LogP contribution in [0.25, 0.3) is 22.4 Å². The molecule has 0 amide bonds. The zero-order chi connectivity index (χ0) is 23.8. The van der Waals surface area contributed by atoms with E-state index in [0.29, 0.717) is 29.3 Å². The molecule has 2 aliphatic rings. The summed E-state index contributed by atoms with van der Waals surface area (Å²) in [7, 11) is 1.65. The van der Waals surface area contributed by atoms with E-state index in [1.807, 2.05) is 43.3 Å². The number of nitrogens with zero attached hydrogens (tertiary/aromatic N) is 2. The van der Waals surface area contributed by atoms with Crippen LogP contribution < -0.4 is 4.74 Å². The highest BCUT2D eigenvalue weighted by Crippen LogP contribution is 2.52. The van der Waals surface area contributed by atoms with Gasteiger partial charge in [-0.2, -0.15) is 0 Å². The van der Waals surface area contributed by atoms with Gasteiger partial charge >= 0.3 is 5.97 Å². The second kappa shape index (κ2) is 9.40. The summed E-state index contributed by atoms with van der Waals surface area (Å²) < 4.78 is 10.9. The number of likely N-dealkylation sites (tertiary alicyclic amines) is 1. The van der Waals surface area contributed by atoms with Gasteiger partial charge in [0.15, 0.2) is 0 Å². The van der Waals surface area contributed by atoms with E-state index in [2.05, 4.69) is 30.0 Å². The highest BCUT2D eigenvalue weighted by molar-refractivity contribution is 6.36. The molecule has 2 unspecified atom stereocenters. The van der Waals surface area contributed by atoms with Crippen molar-refractivity contribution in [3.63, 3.8) is 0 Å². The average Bonchev–Trinajstić information content (AvgIpc) is 3.35. The van der Waals surface area contributed by atoms with E-state index in [9.17, 15) is 4.79 Å². The fraction of sp³-hybridized carbons (Fsp3) is 0.357. The lowest BCUT2D eigenvalue weighted by molar-refractivity contribution is -0.145. The highest BCUT2D eigenvalue weighted by Gasteiger charge is 2.60. The predicted octanol–water partition coefficient (Wildman–Crippen LogP) is 5.63. The third-order valence-electron chi connectivity index (χ3n) is 7.06. The number of hydrogen-bond acceptors (Lipinski definition) is 5. The van der Waals surface area contributed by atoms with E-state index in [-0.39, 0.29) is 11.9 Å². The number of fused-ring (bicyclic) bond motifs is 1. The summed E-state index contributed by atoms with van der Waals surface area (Å²) in [6.45, 7) is 6.96. The maximum absolute atomic E-state index is 12.0. The van der Waals surface area contributed by atoms with E-state index in [1.165, 1.54) is 5.56 Å². The van der Waals surface area contributed by atoms with Gasteiger partial charge in [-0.05, 0) is 42.9 Å². The minimum absolute atomic E-state index is 0.0365. The molecule has 2 atom stereocenters. The molecule has 34 heavy (non-hydrogen) atoms. The molecule has 3 aromatic rings. The van der Waals surface area contributed by atoms with Crippen LogP contribution in [-0.2, 0) is 16.1 Å². The number of pyridine rings is 1. The number of esters is 1. The molecule has 2 heterocycles. The van der Waals surface area contributed by atoms with Crippen LogP contribution in [0.15, 0.2) is 54.6 Å². The molecule has 1 aromatic heterocycles. The first-order valence-corrected chi connectivity index (χ1v) is 12.2. The van der Waals surface area contributed by atoms with Gasteiger partial charge in [-0.1, -0.05) is 60.1 Å². The maximum atomic E-state index is 12.0. The number of methoxy groups -OCH3 is 1. The summed E-state index contributed by atoms with van der Waals surface area (Å²) in [6, 6.07) is 18.4. The summed E-state index contributed by atoms with van der Waals surface area (Å²) in [5.74, 6) is 1.49. The fourth-order valence-electron chi connectivity index (χ4n) is 5.30. The molecular formula is C28H29ClN2O3. The van der Waals surface area contributed by atoms with E-state index < -0.39 is 0 Å². The number of halogens is 1. The van der Waals surface area contributed by atoms with E-state index in [1.54, 1.807) is 7.11 Å².